The number of unbranched alkanes of at least 4 members (excludes halogenated alkanes) is 2. The highest BCUT2D eigenvalue weighted by Gasteiger charge is 2.05. The molecule has 2 aromatic rings. The Balaban J connectivity index is 0.000000780. The number of methoxy groups -OCH3 is 1. The molecule has 0 unspecified atom stereocenters. The Morgan fingerprint density at radius 2 is 1.93 bits per heavy atom. The third kappa shape index (κ3) is 11.8. The molecule has 0 saturated carbocycles. The van der Waals surface area contributed by atoms with Crippen molar-refractivity contribution in [3.05, 3.63) is 29.4 Å². The maximum absolute atomic E-state index is 10.6. The van der Waals surface area contributed by atoms with E-state index in [0.29, 0.717) is 5.69 Å². The summed E-state index contributed by atoms with van der Waals surface area (Å²) in [7, 11) is 1.71. The van der Waals surface area contributed by atoms with Gasteiger partial charge in [-0.05, 0) is 52.2 Å². The zero-order chi connectivity index (χ0) is 21.4. The van der Waals surface area contributed by atoms with Crippen molar-refractivity contribution < 1.29 is 14.6 Å². The summed E-state index contributed by atoms with van der Waals surface area (Å²) in [5.74, 6) is 0.800. The Morgan fingerprint density at radius 1 is 1.25 bits per heavy atom. The molecule has 7 heteroatoms. The van der Waals surface area contributed by atoms with E-state index in [0.717, 1.165) is 48.5 Å². The molecule has 0 bridgehead atoms. The minimum Gasteiger partial charge on any atom is -0.396 e. The van der Waals surface area contributed by atoms with E-state index >= 15 is 0 Å². The van der Waals surface area contributed by atoms with Gasteiger partial charge in [-0.15, -0.1) is 11.3 Å². The predicted molar refractivity (Wildman–Crippen MR) is 118 cm³/mol. The number of carbonyl (C=O) groups is 1. The van der Waals surface area contributed by atoms with Gasteiger partial charge in [0.05, 0.1) is 5.60 Å². The van der Waals surface area contributed by atoms with Crippen LogP contribution in [0.5, 0.6) is 0 Å². The number of carbonyl (C=O) groups excluding carboxylic acids is 1. The van der Waals surface area contributed by atoms with Crippen molar-refractivity contribution in [1.82, 2.24) is 9.97 Å². The number of pyridine rings is 1. The number of thiazole rings is 1. The number of nitrogens with one attached hydrogen (secondary N) is 1. The molecule has 0 aromatic carbocycles. The van der Waals surface area contributed by atoms with Crippen LogP contribution in [0, 0.1) is 0 Å². The maximum atomic E-state index is 10.6. The summed E-state index contributed by atoms with van der Waals surface area (Å²) in [6, 6.07) is 3.81. The standard InChI is InChI=1S/C14H17N3O2S.C5H12O.C2H6/c18-7-3-1-2-5-15-13-8-11(4-6-16-13)14-17-12(9-19)10-20-14;1-5(2,3)6-4;1-2/h4,6,8-10,18H,1-3,5,7H2,(H,15,16);1-4H3;1-2H3. The van der Waals surface area contributed by atoms with E-state index in [2.05, 4.69) is 15.3 Å². The third-order valence-corrected chi connectivity index (χ3v) is 4.31. The van der Waals surface area contributed by atoms with Crippen LogP contribution in [-0.4, -0.2) is 47.2 Å². The number of nitrogens with zero attached hydrogens (tertiary/aromatic N) is 2. The summed E-state index contributed by atoms with van der Waals surface area (Å²) in [6.07, 6.45) is 5.31. The molecule has 0 spiro atoms. The van der Waals surface area contributed by atoms with E-state index in [1.807, 2.05) is 46.8 Å². The average Bonchev–Trinajstić information content (AvgIpc) is 3.19. The van der Waals surface area contributed by atoms with Gasteiger partial charge < -0.3 is 15.2 Å². The number of aldehydes is 1. The van der Waals surface area contributed by atoms with E-state index in [1.165, 1.54) is 11.3 Å². The molecule has 6 nitrogen and oxygen atoms in total. The van der Waals surface area contributed by atoms with E-state index < -0.39 is 0 Å². The average molecular weight is 410 g/mol. The molecular weight excluding hydrogens is 374 g/mol. The zero-order valence-corrected chi connectivity index (χ0v) is 18.8. The van der Waals surface area contributed by atoms with Gasteiger partial charge in [-0.2, -0.15) is 0 Å². The molecule has 0 aliphatic carbocycles. The first-order chi connectivity index (χ1) is 13.4. The number of rotatable bonds is 8. The van der Waals surface area contributed by atoms with Crippen molar-refractivity contribution in [2.75, 3.05) is 25.6 Å². The number of aliphatic hydroxyl groups excluding tert-OH is 1. The van der Waals surface area contributed by atoms with Gasteiger partial charge in [0.1, 0.15) is 16.5 Å². The highest BCUT2D eigenvalue weighted by atomic mass is 32.1. The highest BCUT2D eigenvalue weighted by molar-refractivity contribution is 7.13. The smallest absolute Gasteiger partial charge is 0.169 e. The second-order valence-corrected chi connectivity index (χ2v) is 7.51. The second-order valence-electron chi connectivity index (χ2n) is 6.65. The van der Waals surface area contributed by atoms with Gasteiger partial charge in [0, 0.05) is 37.4 Å². The molecule has 158 valence electrons. The van der Waals surface area contributed by atoms with Crippen molar-refractivity contribution in [3.63, 3.8) is 0 Å². The van der Waals surface area contributed by atoms with E-state index in [1.54, 1.807) is 18.7 Å². The first-order valence-corrected chi connectivity index (χ1v) is 10.5. The summed E-state index contributed by atoms with van der Waals surface area (Å²) in [6.45, 7) is 11.1. The molecule has 0 fully saturated rings. The van der Waals surface area contributed by atoms with Gasteiger partial charge in [-0.3, -0.25) is 4.79 Å². The van der Waals surface area contributed by atoms with Crippen molar-refractivity contribution in [2.45, 2.75) is 59.5 Å². The van der Waals surface area contributed by atoms with Gasteiger partial charge in [0.2, 0.25) is 0 Å². The van der Waals surface area contributed by atoms with Gasteiger partial charge in [0.25, 0.3) is 0 Å². The number of ether oxygens (including phenoxy) is 1. The van der Waals surface area contributed by atoms with Crippen LogP contribution in [0.15, 0.2) is 23.7 Å². The van der Waals surface area contributed by atoms with E-state index in [-0.39, 0.29) is 12.2 Å². The van der Waals surface area contributed by atoms with Crippen LogP contribution in [-0.2, 0) is 4.74 Å². The molecular formula is C21H35N3O3S. The maximum Gasteiger partial charge on any atom is 0.169 e. The Labute approximate surface area is 173 Å². The van der Waals surface area contributed by atoms with Crippen molar-refractivity contribution in [2.24, 2.45) is 0 Å². The lowest BCUT2D eigenvalue weighted by Crippen LogP contribution is -2.15. The lowest BCUT2D eigenvalue weighted by atomic mass is 10.2. The summed E-state index contributed by atoms with van der Waals surface area (Å²) in [4.78, 5) is 19.1. The Hall–Kier alpha value is -1.83. The molecule has 2 N–H and O–H groups in total. The van der Waals surface area contributed by atoms with E-state index in [4.69, 9.17) is 9.84 Å². The summed E-state index contributed by atoms with van der Waals surface area (Å²) in [5.41, 5.74) is 1.45. The van der Waals surface area contributed by atoms with Crippen LogP contribution in [0.1, 0.15) is 64.4 Å². The van der Waals surface area contributed by atoms with E-state index in [9.17, 15) is 4.79 Å². The summed E-state index contributed by atoms with van der Waals surface area (Å²) in [5, 5.41) is 14.5. The second kappa shape index (κ2) is 15.1. The predicted octanol–water partition coefficient (Wildman–Crippen LogP) is 5.05. The molecule has 0 aliphatic heterocycles. The highest BCUT2D eigenvalue weighted by Crippen LogP contribution is 2.24. The monoisotopic (exact) mass is 409 g/mol. The van der Waals surface area contributed by atoms with Gasteiger partial charge in [0.15, 0.2) is 6.29 Å². The molecule has 0 saturated heterocycles. The van der Waals surface area contributed by atoms with Crippen LogP contribution in [0.3, 0.4) is 0 Å². The molecule has 0 radical (unpaired) electrons. The fourth-order valence-corrected chi connectivity index (χ4v) is 2.52. The minimum atomic E-state index is 0.0417. The lowest BCUT2D eigenvalue weighted by molar-refractivity contribution is 0.0397. The Morgan fingerprint density at radius 3 is 2.46 bits per heavy atom. The quantitative estimate of drug-likeness (QED) is 0.469. The van der Waals surface area contributed by atoms with Crippen molar-refractivity contribution >= 4 is 23.4 Å². The molecule has 0 amide bonds. The molecule has 2 heterocycles. The normalized spacial score (nSPS) is 10.2. The molecule has 2 rings (SSSR count). The number of hydrogen-bond donors (Lipinski definition) is 2. The molecule has 0 atom stereocenters. The Bertz CT molecular complexity index is 654. The van der Waals surface area contributed by atoms with Gasteiger partial charge >= 0.3 is 0 Å². The zero-order valence-electron chi connectivity index (χ0n) is 18.0. The molecule has 0 aliphatic rings. The topological polar surface area (TPSA) is 84.3 Å². The van der Waals surface area contributed by atoms with Crippen LogP contribution >= 0.6 is 11.3 Å². The van der Waals surface area contributed by atoms with Crippen molar-refractivity contribution in [1.29, 1.82) is 0 Å². The van der Waals surface area contributed by atoms with Crippen LogP contribution < -0.4 is 5.32 Å². The fourth-order valence-electron chi connectivity index (χ4n) is 1.76. The number of aromatic nitrogens is 2. The van der Waals surface area contributed by atoms with Crippen molar-refractivity contribution in [3.8, 4) is 10.6 Å². The number of hydrogen-bond acceptors (Lipinski definition) is 7. The minimum absolute atomic E-state index is 0.0417. The largest absolute Gasteiger partial charge is 0.396 e. The lowest BCUT2D eigenvalue weighted by Gasteiger charge is -2.14. The first-order valence-electron chi connectivity index (χ1n) is 9.66. The van der Waals surface area contributed by atoms with Crippen LogP contribution in [0.25, 0.3) is 10.6 Å². The number of aliphatic hydroxyl groups is 1. The molecule has 28 heavy (non-hydrogen) atoms. The molecule has 2 aromatic heterocycles. The SMILES string of the molecule is CC.COC(C)(C)C.O=Cc1csc(-c2ccnc(NCCCCCO)c2)n1. The van der Waals surface area contributed by atoms with Gasteiger partial charge in [-0.1, -0.05) is 13.8 Å². The summed E-state index contributed by atoms with van der Waals surface area (Å²) >= 11 is 1.45. The van der Waals surface area contributed by atoms with Gasteiger partial charge in [-0.25, -0.2) is 9.97 Å². The van der Waals surface area contributed by atoms with Crippen LogP contribution in [0.4, 0.5) is 5.82 Å². The van der Waals surface area contributed by atoms with Crippen LogP contribution in [0.2, 0.25) is 0 Å². The summed E-state index contributed by atoms with van der Waals surface area (Å²) < 4.78 is 4.94. The number of anilines is 1. The Kier molecular flexibility index (Phi) is 14.1. The third-order valence-electron chi connectivity index (χ3n) is 3.40. The fraction of sp³-hybridized carbons (Fsp3) is 0.571. The first kappa shape index (κ1) is 26.2.